The molecule has 0 saturated carbocycles. The zero-order valence-electron chi connectivity index (χ0n) is 21.6. The van der Waals surface area contributed by atoms with E-state index in [9.17, 15) is 28.8 Å². The number of methoxy groups -OCH3 is 2. The highest BCUT2D eigenvalue weighted by Gasteiger charge is 2.28. The summed E-state index contributed by atoms with van der Waals surface area (Å²) in [5.41, 5.74) is 11.7. The number of esters is 2. The molecule has 0 aliphatic rings. The molecule has 0 radical (unpaired) electrons. The minimum Gasteiger partial charge on any atom is -0.467 e. The summed E-state index contributed by atoms with van der Waals surface area (Å²) >= 11 is 8.91. The number of amides is 2. The van der Waals surface area contributed by atoms with Gasteiger partial charge in [0.25, 0.3) is 11.8 Å². The number of carbonyl (C=O) groups excluding carboxylic acids is 6. The van der Waals surface area contributed by atoms with Gasteiger partial charge in [0.1, 0.15) is 12.1 Å². The Morgan fingerprint density at radius 2 is 1.27 bits per heavy atom. The van der Waals surface area contributed by atoms with Gasteiger partial charge in [-0.05, 0) is 34.1 Å². The fraction of sp³-hybridized carbons (Fsp3) is 0.524. The molecule has 1 aromatic rings. The minimum atomic E-state index is -1.08. The van der Waals surface area contributed by atoms with Crippen LogP contribution in [0, 0.1) is 6.92 Å². The zero-order chi connectivity index (χ0) is 30.4. The average Bonchev–Trinajstić information content (AvgIpc) is 3.34. The lowest BCUT2D eigenvalue weighted by Crippen LogP contribution is -2.44. The lowest BCUT2D eigenvalue weighted by atomic mass is 10.1. The van der Waals surface area contributed by atoms with E-state index >= 15 is 0 Å². The highest BCUT2D eigenvalue weighted by atomic mass is 33.1. The molecule has 0 aliphatic heterocycles. The Kier molecular flexibility index (Phi) is 17.7. The number of ether oxygens (including phenoxy) is 2. The first-order chi connectivity index (χ1) is 18.9. The summed E-state index contributed by atoms with van der Waals surface area (Å²) in [7, 11) is 6.07. The fourth-order valence-corrected chi connectivity index (χ4v) is 8.25. The van der Waals surface area contributed by atoms with Crippen LogP contribution in [0.3, 0.4) is 0 Å². The maximum Gasteiger partial charge on any atom is 0.329 e. The van der Waals surface area contributed by atoms with Crippen molar-refractivity contribution >= 4 is 114 Å². The number of hydrogen-bond donors (Lipinski definition) is 6. The van der Waals surface area contributed by atoms with Gasteiger partial charge in [-0.3, -0.25) is 19.2 Å². The molecular weight excluding hydrogens is 661 g/mol. The Morgan fingerprint density at radius 3 is 1.68 bits per heavy atom. The van der Waals surface area contributed by atoms with E-state index in [0.29, 0.717) is 5.56 Å². The van der Waals surface area contributed by atoms with Crippen molar-refractivity contribution in [2.24, 2.45) is 11.5 Å². The molecule has 40 heavy (non-hydrogen) atoms. The first-order valence-corrected chi connectivity index (χ1v) is 17.9. The van der Waals surface area contributed by atoms with E-state index in [1.165, 1.54) is 19.6 Å². The quantitative estimate of drug-likeness (QED) is 0.0814. The molecule has 0 fully saturated rings. The summed E-state index contributed by atoms with van der Waals surface area (Å²) < 4.78 is 9.51. The molecular formula is C21H30N4O8S7. The van der Waals surface area contributed by atoms with Crippen LogP contribution in [0.2, 0.25) is 0 Å². The molecule has 0 bridgehead atoms. The predicted octanol–water partition coefficient (Wildman–Crippen LogP) is 0.930. The largest absolute Gasteiger partial charge is 0.467 e. The van der Waals surface area contributed by atoms with Gasteiger partial charge in [0.05, 0.1) is 36.7 Å². The van der Waals surface area contributed by atoms with Gasteiger partial charge in [0, 0.05) is 28.4 Å². The second kappa shape index (κ2) is 19.2. The third-order valence-corrected chi connectivity index (χ3v) is 11.3. The number of hydrogen-bond acceptors (Lipinski definition) is 17. The smallest absolute Gasteiger partial charge is 0.329 e. The predicted molar refractivity (Wildman–Crippen MR) is 169 cm³/mol. The van der Waals surface area contributed by atoms with Crippen LogP contribution in [0.4, 0.5) is 0 Å². The van der Waals surface area contributed by atoms with E-state index in [1.54, 1.807) is 6.92 Å². The molecule has 2 unspecified atom stereocenters. The fourth-order valence-electron chi connectivity index (χ4n) is 2.54. The van der Waals surface area contributed by atoms with Crippen molar-refractivity contribution in [1.82, 2.24) is 10.6 Å². The van der Waals surface area contributed by atoms with E-state index in [0.717, 1.165) is 54.5 Å². The van der Waals surface area contributed by atoms with Gasteiger partial charge in [0.2, 0.25) is 10.2 Å². The first kappa shape index (κ1) is 37.0. The van der Waals surface area contributed by atoms with Gasteiger partial charge in [-0.1, -0.05) is 21.6 Å². The van der Waals surface area contributed by atoms with Gasteiger partial charge >= 0.3 is 11.9 Å². The maximum atomic E-state index is 13.0. The third kappa shape index (κ3) is 11.7. The van der Waals surface area contributed by atoms with E-state index in [4.69, 9.17) is 20.9 Å². The van der Waals surface area contributed by atoms with Crippen LogP contribution >= 0.6 is 79.8 Å². The Hall–Kier alpha value is -1.06. The van der Waals surface area contributed by atoms with Crippen molar-refractivity contribution in [3.8, 4) is 0 Å². The number of rotatable bonds is 16. The Morgan fingerprint density at radius 1 is 0.850 bits per heavy atom. The highest BCUT2D eigenvalue weighted by Crippen LogP contribution is 2.27. The molecule has 12 nitrogen and oxygen atoms in total. The SMILES string of the molecule is COC(=O)C(CSSC(=O)[C@@H](N)CS)NC(=O)c1csc(C(=O)NC(CSSC(=O)[C@@H](N)CS)C(=O)OC)c1C. The van der Waals surface area contributed by atoms with Crippen molar-refractivity contribution in [3.63, 3.8) is 0 Å². The van der Waals surface area contributed by atoms with Gasteiger partial charge < -0.3 is 31.6 Å². The van der Waals surface area contributed by atoms with Crippen LogP contribution in [0.25, 0.3) is 0 Å². The van der Waals surface area contributed by atoms with Crippen molar-refractivity contribution in [1.29, 1.82) is 0 Å². The standard InChI is InChI=1S/C21H30N4O8S7/c1-9-10(16(26)24-13(18(28)32-2)7-37-39-20(30)11(22)4-34)6-36-15(9)17(27)25-14(19(29)33-3)8-38-40-21(31)12(23)5-35/h6,11-14,34-35H,4-5,7-8,22-23H2,1-3H3,(H,24,26)(H,25,27)/t11-,12-,13?,14?/m0/s1. The minimum absolute atomic E-state index is 0.0164. The second-order valence-electron chi connectivity index (χ2n) is 7.65. The molecule has 0 aliphatic carbocycles. The molecule has 224 valence electrons. The lowest BCUT2D eigenvalue weighted by molar-refractivity contribution is -0.143. The number of thiol groups is 2. The third-order valence-electron chi connectivity index (χ3n) is 4.82. The molecule has 4 atom stereocenters. The van der Waals surface area contributed by atoms with Crippen molar-refractivity contribution in [2.75, 3.05) is 37.2 Å². The molecule has 1 rings (SSSR count). The molecule has 1 aromatic heterocycles. The summed E-state index contributed by atoms with van der Waals surface area (Å²) in [5, 5.41) is 5.91. The topological polar surface area (TPSA) is 197 Å². The molecule has 0 saturated heterocycles. The highest BCUT2D eigenvalue weighted by molar-refractivity contribution is 8.82. The van der Waals surface area contributed by atoms with Crippen LogP contribution < -0.4 is 22.1 Å². The van der Waals surface area contributed by atoms with Crippen LogP contribution in [-0.4, -0.2) is 95.4 Å². The van der Waals surface area contributed by atoms with Gasteiger partial charge in [-0.2, -0.15) is 25.3 Å². The van der Waals surface area contributed by atoms with Gasteiger partial charge in [0.15, 0.2) is 0 Å². The van der Waals surface area contributed by atoms with E-state index in [-0.39, 0.29) is 43.7 Å². The van der Waals surface area contributed by atoms with Crippen molar-refractivity contribution in [3.05, 3.63) is 21.4 Å². The molecule has 19 heteroatoms. The average molecular weight is 691 g/mol. The summed E-state index contributed by atoms with van der Waals surface area (Å²) in [6.07, 6.45) is 0. The maximum absolute atomic E-state index is 13.0. The number of nitrogens with two attached hydrogens (primary N) is 2. The van der Waals surface area contributed by atoms with E-state index in [2.05, 4.69) is 35.9 Å². The van der Waals surface area contributed by atoms with Crippen LogP contribution in [0.15, 0.2) is 5.38 Å². The Balaban J connectivity index is 2.89. The van der Waals surface area contributed by atoms with E-state index < -0.39 is 47.9 Å². The lowest BCUT2D eigenvalue weighted by Gasteiger charge is -2.17. The normalized spacial score (nSPS) is 13.9. The van der Waals surface area contributed by atoms with Crippen molar-refractivity contribution < 1.29 is 38.2 Å². The number of nitrogens with one attached hydrogen (secondary N) is 2. The summed E-state index contributed by atoms with van der Waals surface area (Å²) in [6.45, 7) is 1.55. The second-order valence-corrected chi connectivity index (χ2v) is 14.0. The van der Waals surface area contributed by atoms with Crippen LogP contribution in [0.1, 0.15) is 25.6 Å². The summed E-state index contributed by atoms with van der Waals surface area (Å²) in [6, 6.07) is -3.69. The monoisotopic (exact) mass is 690 g/mol. The molecule has 0 spiro atoms. The number of carbonyl (C=O) groups is 6. The Bertz CT molecular complexity index is 994. The summed E-state index contributed by atoms with van der Waals surface area (Å²) in [4.78, 5) is 74.3. The number of thiophene rings is 1. The molecule has 2 amide bonds. The van der Waals surface area contributed by atoms with Crippen LogP contribution in [-0.2, 0) is 28.7 Å². The first-order valence-electron chi connectivity index (χ1n) is 11.2. The molecule has 6 N–H and O–H groups in total. The zero-order valence-corrected chi connectivity index (χ0v) is 27.4. The summed E-state index contributed by atoms with van der Waals surface area (Å²) in [5.74, 6) is -2.33. The van der Waals surface area contributed by atoms with Crippen LogP contribution in [0.5, 0.6) is 0 Å². The van der Waals surface area contributed by atoms with Gasteiger partial charge in [-0.15, -0.1) is 11.3 Å². The van der Waals surface area contributed by atoms with Gasteiger partial charge in [-0.25, -0.2) is 9.59 Å². The van der Waals surface area contributed by atoms with Crippen molar-refractivity contribution in [2.45, 2.75) is 31.1 Å². The molecule has 1 heterocycles. The van der Waals surface area contributed by atoms with E-state index in [1.807, 2.05) is 0 Å². The Labute approximate surface area is 262 Å². The molecule has 0 aromatic carbocycles.